The topological polar surface area (TPSA) is 55.1 Å². The van der Waals surface area contributed by atoms with E-state index in [2.05, 4.69) is 5.32 Å². The molecule has 0 radical (unpaired) electrons. The number of carbonyl (C=O) groups excluding carboxylic acids is 1. The molecule has 0 spiro atoms. The van der Waals surface area contributed by atoms with Gasteiger partial charge in [-0.1, -0.05) is 42.5 Å². The zero-order valence-electron chi connectivity index (χ0n) is 10.1. The quantitative estimate of drug-likeness (QED) is 0.861. The van der Waals surface area contributed by atoms with E-state index in [1.165, 1.54) is 0 Å². The van der Waals surface area contributed by atoms with Crippen molar-refractivity contribution in [3.63, 3.8) is 0 Å². The third-order valence-electron chi connectivity index (χ3n) is 2.65. The van der Waals surface area contributed by atoms with Crippen LogP contribution < -0.4 is 11.1 Å². The van der Waals surface area contributed by atoms with E-state index in [-0.39, 0.29) is 5.91 Å². The molecular weight excluding hydrogens is 224 g/mol. The van der Waals surface area contributed by atoms with Crippen molar-refractivity contribution < 1.29 is 4.79 Å². The van der Waals surface area contributed by atoms with E-state index in [1.54, 1.807) is 0 Å². The number of nitrogens with one attached hydrogen (secondary N) is 1. The Morgan fingerprint density at radius 1 is 1.00 bits per heavy atom. The summed E-state index contributed by atoms with van der Waals surface area (Å²) in [6, 6.07) is 17.3. The lowest BCUT2D eigenvalue weighted by atomic mass is 10.1. The van der Waals surface area contributed by atoms with Gasteiger partial charge in [0.1, 0.15) is 0 Å². The first-order chi connectivity index (χ1) is 8.78. The summed E-state index contributed by atoms with van der Waals surface area (Å²) in [5, 5.41) is 2.87. The molecule has 0 aliphatic heterocycles. The van der Waals surface area contributed by atoms with Gasteiger partial charge in [0.25, 0.3) is 0 Å². The van der Waals surface area contributed by atoms with Crippen molar-refractivity contribution in [1.82, 2.24) is 0 Å². The van der Waals surface area contributed by atoms with E-state index in [4.69, 9.17) is 5.73 Å². The fourth-order valence-electron chi connectivity index (χ4n) is 1.76. The second-order valence-corrected chi connectivity index (χ2v) is 4.12. The van der Waals surface area contributed by atoms with Gasteiger partial charge in [0, 0.05) is 12.2 Å². The van der Waals surface area contributed by atoms with Crippen LogP contribution >= 0.6 is 0 Å². The Balaban J connectivity index is 1.99. The minimum Gasteiger partial charge on any atom is -0.326 e. The second-order valence-electron chi connectivity index (χ2n) is 4.12. The summed E-state index contributed by atoms with van der Waals surface area (Å²) in [6.07, 6.45) is 0.383. The molecule has 1 amide bonds. The minimum absolute atomic E-state index is 0.0182. The lowest BCUT2D eigenvalue weighted by Crippen LogP contribution is -2.14. The van der Waals surface area contributed by atoms with E-state index in [0.717, 1.165) is 16.8 Å². The van der Waals surface area contributed by atoms with E-state index in [1.807, 2.05) is 54.6 Å². The number of nitrogens with two attached hydrogens (primary N) is 1. The van der Waals surface area contributed by atoms with Crippen LogP contribution in [0.2, 0.25) is 0 Å². The van der Waals surface area contributed by atoms with Crippen LogP contribution in [0.1, 0.15) is 11.1 Å². The molecule has 0 aromatic heterocycles. The van der Waals surface area contributed by atoms with Crippen LogP contribution in [-0.2, 0) is 17.8 Å². The number of anilines is 1. The Kier molecular flexibility index (Phi) is 4.10. The first-order valence-electron chi connectivity index (χ1n) is 5.91. The molecular formula is C15H16N2O. The van der Waals surface area contributed by atoms with Gasteiger partial charge in [-0.05, 0) is 23.3 Å². The van der Waals surface area contributed by atoms with Crippen LogP contribution in [-0.4, -0.2) is 5.91 Å². The van der Waals surface area contributed by atoms with Gasteiger partial charge in [0.2, 0.25) is 5.91 Å². The molecule has 3 N–H and O–H groups in total. The largest absolute Gasteiger partial charge is 0.326 e. The predicted octanol–water partition coefficient (Wildman–Crippen LogP) is 2.33. The Labute approximate surface area is 107 Å². The van der Waals surface area contributed by atoms with Crippen molar-refractivity contribution in [2.75, 3.05) is 5.32 Å². The first-order valence-corrected chi connectivity index (χ1v) is 5.91. The molecule has 0 aliphatic rings. The molecule has 3 nitrogen and oxygen atoms in total. The summed E-state index contributed by atoms with van der Waals surface area (Å²) in [7, 11) is 0. The third kappa shape index (κ3) is 3.43. The normalized spacial score (nSPS) is 10.1. The lowest BCUT2D eigenvalue weighted by molar-refractivity contribution is -0.115. The number of benzene rings is 2. The Bertz CT molecular complexity index is 523. The molecule has 0 bridgehead atoms. The Hall–Kier alpha value is -2.13. The maximum absolute atomic E-state index is 11.8. The zero-order valence-corrected chi connectivity index (χ0v) is 10.1. The molecule has 2 aromatic carbocycles. The molecule has 0 heterocycles. The molecule has 0 saturated carbocycles. The van der Waals surface area contributed by atoms with Crippen LogP contribution in [0.15, 0.2) is 54.6 Å². The minimum atomic E-state index is -0.0182. The van der Waals surface area contributed by atoms with E-state index in [0.29, 0.717) is 13.0 Å². The van der Waals surface area contributed by atoms with Crippen LogP contribution in [0.3, 0.4) is 0 Å². The highest BCUT2D eigenvalue weighted by Crippen LogP contribution is 2.11. The number of hydrogen-bond acceptors (Lipinski definition) is 2. The summed E-state index contributed by atoms with van der Waals surface area (Å²) in [5.74, 6) is -0.0182. The fourth-order valence-corrected chi connectivity index (χ4v) is 1.76. The molecule has 2 aromatic rings. The highest BCUT2D eigenvalue weighted by atomic mass is 16.1. The first kappa shape index (κ1) is 12.3. The summed E-state index contributed by atoms with van der Waals surface area (Å²) in [4.78, 5) is 11.8. The van der Waals surface area contributed by atoms with Gasteiger partial charge in [-0.3, -0.25) is 4.79 Å². The standard InChI is InChI=1S/C15H16N2O/c16-11-13-7-4-8-14(9-13)17-15(18)10-12-5-2-1-3-6-12/h1-9H,10-11,16H2,(H,17,18). The van der Waals surface area contributed by atoms with E-state index < -0.39 is 0 Å². The van der Waals surface area contributed by atoms with Gasteiger partial charge in [-0.2, -0.15) is 0 Å². The van der Waals surface area contributed by atoms with Crippen molar-refractivity contribution in [2.45, 2.75) is 13.0 Å². The average molecular weight is 240 g/mol. The maximum atomic E-state index is 11.8. The summed E-state index contributed by atoms with van der Waals surface area (Å²) < 4.78 is 0. The molecule has 0 fully saturated rings. The van der Waals surface area contributed by atoms with E-state index >= 15 is 0 Å². The predicted molar refractivity (Wildman–Crippen MR) is 73.1 cm³/mol. The highest BCUT2D eigenvalue weighted by molar-refractivity contribution is 5.92. The van der Waals surface area contributed by atoms with Crippen LogP contribution in [0.25, 0.3) is 0 Å². The van der Waals surface area contributed by atoms with Crippen LogP contribution in [0.4, 0.5) is 5.69 Å². The van der Waals surface area contributed by atoms with Crippen molar-refractivity contribution in [1.29, 1.82) is 0 Å². The Morgan fingerprint density at radius 2 is 1.72 bits per heavy atom. The van der Waals surface area contributed by atoms with E-state index in [9.17, 15) is 4.79 Å². The fraction of sp³-hybridized carbons (Fsp3) is 0.133. The average Bonchev–Trinajstić information content (AvgIpc) is 2.40. The summed E-state index contributed by atoms with van der Waals surface area (Å²) in [6.45, 7) is 0.475. The third-order valence-corrected chi connectivity index (χ3v) is 2.65. The van der Waals surface area contributed by atoms with Gasteiger partial charge in [-0.15, -0.1) is 0 Å². The van der Waals surface area contributed by atoms with Gasteiger partial charge in [0.05, 0.1) is 6.42 Å². The molecule has 0 aliphatic carbocycles. The number of carbonyl (C=O) groups is 1. The Morgan fingerprint density at radius 3 is 2.44 bits per heavy atom. The molecule has 0 atom stereocenters. The van der Waals surface area contributed by atoms with Gasteiger partial charge < -0.3 is 11.1 Å². The van der Waals surface area contributed by atoms with Gasteiger partial charge in [0.15, 0.2) is 0 Å². The molecule has 18 heavy (non-hydrogen) atoms. The zero-order chi connectivity index (χ0) is 12.8. The van der Waals surface area contributed by atoms with Gasteiger partial charge in [-0.25, -0.2) is 0 Å². The van der Waals surface area contributed by atoms with Crippen molar-refractivity contribution >= 4 is 11.6 Å². The summed E-state index contributed by atoms with van der Waals surface area (Å²) in [5.41, 5.74) is 8.36. The van der Waals surface area contributed by atoms with Crippen molar-refractivity contribution in [3.05, 3.63) is 65.7 Å². The van der Waals surface area contributed by atoms with Crippen LogP contribution in [0, 0.1) is 0 Å². The monoisotopic (exact) mass is 240 g/mol. The number of hydrogen-bond donors (Lipinski definition) is 2. The molecule has 92 valence electrons. The molecule has 0 saturated heterocycles. The summed E-state index contributed by atoms with van der Waals surface area (Å²) >= 11 is 0. The highest BCUT2D eigenvalue weighted by Gasteiger charge is 2.03. The molecule has 2 rings (SSSR count). The number of rotatable bonds is 4. The molecule has 3 heteroatoms. The maximum Gasteiger partial charge on any atom is 0.228 e. The number of amides is 1. The van der Waals surface area contributed by atoms with Crippen molar-refractivity contribution in [2.24, 2.45) is 5.73 Å². The smallest absolute Gasteiger partial charge is 0.228 e. The SMILES string of the molecule is NCc1cccc(NC(=O)Cc2ccccc2)c1. The lowest BCUT2D eigenvalue weighted by Gasteiger charge is -2.06. The second kappa shape index (κ2) is 5.98. The van der Waals surface area contributed by atoms with Crippen molar-refractivity contribution in [3.8, 4) is 0 Å². The molecule has 0 unspecified atom stereocenters. The van der Waals surface area contributed by atoms with Gasteiger partial charge >= 0.3 is 0 Å². The van der Waals surface area contributed by atoms with Crippen LogP contribution in [0.5, 0.6) is 0 Å².